The van der Waals surface area contributed by atoms with E-state index in [1.54, 1.807) is 0 Å². The summed E-state index contributed by atoms with van der Waals surface area (Å²) < 4.78 is 6.51. The van der Waals surface area contributed by atoms with Crippen molar-refractivity contribution in [3.63, 3.8) is 0 Å². The molecule has 1 aromatic heterocycles. The zero-order chi connectivity index (χ0) is 14.2. The monoisotopic (exact) mass is 267 g/mol. The number of carbonyl (C=O) groups excluding carboxylic acids is 1. The van der Waals surface area contributed by atoms with Crippen LogP contribution < -0.4 is 5.73 Å². The Kier molecular flexibility index (Phi) is 3.55. The van der Waals surface area contributed by atoms with Gasteiger partial charge in [-0.1, -0.05) is 0 Å². The number of carbonyl (C=O) groups is 1. The molecule has 8 nitrogen and oxygen atoms in total. The summed E-state index contributed by atoms with van der Waals surface area (Å²) in [6.45, 7) is -0.461. The van der Waals surface area contributed by atoms with E-state index in [4.69, 9.17) is 22.0 Å². The molecule has 0 unspecified atom stereocenters. The number of rotatable bonds is 3. The molecule has 0 spiro atoms. The van der Waals surface area contributed by atoms with Crippen LogP contribution in [0, 0.1) is 12.3 Å². The highest BCUT2D eigenvalue weighted by molar-refractivity contribution is 5.93. The molecule has 102 valence electrons. The third-order valence-corrected chi connectivity index (χ3v) is 2.96. The summed E-state index contributed by atoms with van der Waals surface area (Å²) in [4.78, 5) is 14.9. The number of aliphatic hydroxyl groups is 3. The van der Waals surface area contributed by atoms with E-state index in [0.29, 0.717) is 0 Å². The number of hydrogen-bond donors (Lipinski definition) is 4. The van der Waals surface area contributed by atoms with Gasteiger partial charge in [0.25, 0.3) is 5.91 Å². The van der Waals surface area contributed by atoms with Crippen LogP contribution in [0.4, 0.5) is 0 Å². The van der Waals surface area contributed by atoms with E-state index >= 15 is 0 Å². The van der Waals surface area contributed by atoms with Gasteiger partial charge in [-0.05, 0) is 5.92 Å². The normalized spacial score (nSPS) is 30.2. The molecule has 1 aliphatic rings. The van der Waals surface area contributed by atoms with Gasteiger partial charge in [0.15, 0.2) is 11.9 Å². The van der Waals surface area contributed by atoms with Crippen molar-refractivity contribution in [3.8, 4) is 12.3 Å². The highest BCUT2D eigenvalue weighted by atomic mass is 16.6. The Hall–Kier alpha value is -1.92. The van der Waals surface area contributed by atoms with Gasteiger partial charge in [0, 0.05) is 0 Å². The maximum Gasteiger partial charge on any atom is 0.270 e. The van der Waals surface area contributed by atoms with E-state index in [1.165, 1.54) is 10.9 Å². The zero-order valence-corrected chi connectivity index (χ0v) is 9.80. The van der Waals surface area contributed by atoms with Gasteiger partial charge < -0.3 is 25.8 Å². The Morgan fingerprint density at radius 3 is 2.74 bits per heavy atom. The summed E-state index contributed by atoms with van der Waals surface area (Å²) in [5.41, 5.74) is 5.03. The number of imidazole rings is 1. The fraction of sp³-hybridized carbons (Fsp3) is 0.455. The number of aliphatic hydroxyl groups excluding tert-OH is 3. The Morgan fingerprint density at radius 1 is 1.58 bits per heavy atom. The van der Waals surface area contributed by atoms with Crippen LogP contribution in [0.25, 0.3) is 0 Å². The Morgan fingerprint density at radius 2 is 2.26 bits per heavy atom. The molecule has 0 radical (unpaired) electrons. The number of amides is 1. The summed E-state index contributed by atoms with van der Waals surface area (Å²) >= 11 is 0. The Labute approximate surface area is 108 Å². The molecule has 2 heterocycles. The smallest absolute Gasteiger partial charge is 0.270 e. The average molecular weight is 267 g/mol. The molecule has 2 rings (SSSR count). The second-order valence-electron chi connectivity index (χ2n) is 4.09. The van der Waals surface area contributed by atoms with Crippen molar-refractivity contribution in [1.29, 1.82) is 0 Å². The first kappa shape index (κ1) is 13.5. The van der Waals surface area contributed by atoms with E-state index < -0.39 is 37.1 Å². The lowest BCUT2D eigenvalue weighted by Crippen LogP contribution is -2.33. The van der Waals surface area contributed by atoms with E-state index in [2.05, 4.69) is 10.9 Å². The minimum Gasteiger partial charge on any atom is -0.394 e. The van der Waals surface area contributed by atoms with Crippen molar-refractivity contribution < 1.29 is 24.9 Å². The largest absolute Gasteiger partial charge is 0.394 e. The molecule has 0 aliphatic carbocycles. The zero-order valence-electron chi connectivity index (χ0n) is 9.80. The van der Waals surface area contributed by atoms with E-state index in [9.17, 15) is 15.0 Å². The van der Waals surface area contributed by atoms with Gasteiger partial charge in [-0.25, -0.2) is 4.98 Å². The first-order valence-corrected chi connectivity index (χ1v) is 5.47. The van der Waals surface area contributed by atoms with Gasteiger partial charge in [0.2, 0.25) is 0 Å². The Bertz CT molecular complexity index is 535. The molecule has 19 heavy (non-hydrogen) atoms. The van der Waals surface area contributed by atoms with Crippen LogP contribution in [0.3, 0.4) is 0 Å². The van der Waals surface area contributed by atoms with Crippen molar-refractivity contribution >= 4 is 5.91 Å². The van der Waals surface area contributed by atoms with E-state index in [1.807, 2.05) is 0 Å². The predicted molar refractivity (Wildman–Crippen MR) is 61.7 cm³/mol. The molecule has 1 amide bonds. The second-order valence-corrected chi connectivity index (χ2v) is 4.09. The van der Waals surface area contributed by atoms with Gasteiger partial charge in [0.05, 0.1) is 12.9 Å². The second kappa shape index (κ2) is 4.99. The van der Waals surface area contributed by atoms with Crippen molar-refractivity contribution in [2.24, 2.45) is 5.73 Å². The van der Waals surface area contributed by atoms with Crippen LogP contribution in [0.5, 0.6) is 0 Å². The van der Waals surface area contributed by atoms with Gasteiger partial charge in [-0.3, -0.25) is 9.36 Å². The van der Waals surface area contributed by atoms with Crippen LogP contribution in [-0.2, 0) is 4.74 Å². The summed E-state index contributed by atoms with van der Waals surface area (Å²) in [5, 5.41) is 28.5. The van der Waals surface area contributed by atoms with Crippen LogP contribution in [0.15, 0.2) is 6.33 Å². The molecule has 1 saturated heterocycles. The molecule has 0 aromatic carbocycles. The molecule has 5 N–H and O–H groups in total. The third kappa shape index (κ3) is 2.09. The fourth-order valence-electron chi connectivity index (χ4n) is 1.99. The molecule has 1 aromatic rings. The van der Waals surface area contributed by atoms with Crippen molar-refractivity contribution in [2.45, 2.75) is 24.5 Å². The van der Waals surface area contributed by atoms with Crippen LogP contribution >= 0.6 is 0 Å². The SMILES string of the molecule is C#Cc1c(C(N)=O)ncn1[C@@H]1O[C@H](CO)[C@@H](O)[C@@H]1O. The lowest BCUT2D eigenvalue weighted by atomic mass is 10.1. The maximum atomic E-state index is 11.1. The minimum atomic E-state index is -1.31. The van der Waals surface area contributed by atoms with Crippen molar-refractivity contribution in [2.75, 3.05) is 6.61 Å². The summed E-state index contributed by atoms with van der Waals surface area (Å²) in [6.07, 6.45) is 1.92. The third-order valence-electron chi connectivity index (χ3n) is 2.96. The highest BCUT2D eigenvalue weighted by Crippen LogP contribution is 2.30. The molecular formula is C11H13N3O5. The van der Waals surface area contributed by atoms with Gasteiger partial charge in [-0.2, -0.15) is 0 Å². The lowest BCUT2D eigenvalue weighted by molar-refractivity contribution is -0.0531. The number of hydrogen-bond acceptors (Lipinski definition) is 6. The van der Waals surface area contributed by atoms with Gasteiger partial charge >= 0.3 is 0 Å². The number of ether oxygens (including phenoxy) is 1. The van der Waals surface area contributed by atoms with Crippen molar-refractivity contribution in [3.05, 3.63) is 17.7 Å². The fourth-order valence-corrected chi connectivity index (χ4v) is 1.99. The molecule has 0 bridgehead atoms. The number of primary amides is 1. The minimum absolute atomic E-state index is 0.0438. The standard InChI is InChI=1S/C11H13N3O5/c1-2-5-7(10(12)18)13-4-14(5)11-9(17)8(16)6(3-15)19-11/h1,4,6,8-9,11,15-17H,3H2,(H2,12,18)/t6-,8-,9+,11-/m1/s1. The van der Waals surface area contributed by atoms with Crippen molar-refractivity contribution in [1.82, 2.24) is 9.55 Å². The maximum absolute atomic E-state index is 11.1. The summed E-state index contributed by atoms with van der Waals surface area (Å²) in [7, 11) is 0. The number of nitrogens with zero attached hydrogens (tertiary/aromatic N) is 2. The van der Waals surface area contributed by atoms with E-state index in [0.717, 1.165) is 0 Å². The van der Waals surface area contributed by atoms with Crippen LogP contribution in [0.1, 0.15) is 22.4 Å². The molecule has 8 heteroatoms. The summed E-state index contributed by atoms with van der Waals surface area (Å²) in [5.74, 6) is 1.43. The molecule has 4 atom stereocenters. The molecule has 1 fully saturated rings. The number of nitrogens with two attached hydrogens (primary N) is 1. The van der Waals surface area contributed by atoms with Gasteiger partial charge in [0.1, 0.15) is 24.0 Å². The highest BCUT2D eigenvalue weighted by Gasteiger charge is 2.44. The quantitative estimate of drug-likeness (QED) is 0.451. The topological polar surface area (TPSA) is 131 Å². The van der Waals surface area contributed by atoms with E-state index in [-0.39, 0.29) is 11.4 Å². The summed E-state index contributed by atoms with van der Waals surface area (Å²) in [6, 6.07) is 0. The molecular weight excluding hydrogens is 254 g/mol. The molecule has 0 saturated carbocycles. The van der Waals surface area contributed by atoms with Crippen LogP contribution in [0.2, 0.25) is 0 Å². The van der Waals surface area contributed by atoms with Gasteiger partial charge in [-0.15, -0.1) is 6.42 Å². The first-order chi connectivity index (χ1) is 9.01. The average Bonchev–Trinajstić information content (AvgIpc) is 2.92. The van der Waals surface area contributed by atoms with Crippen LogP contribution in [-0.4, -0.2) is 55.7 Å². The first-order valence-electron chi connectivity index (χ1n) is 5.47. The number of terminal acetylenes is 1. The predicted octanol–water partition coefficient (Wildman–Crippen LogP) is -2.43. The lowest BCUT2D eigenvalue weighted by Gasteiger charge is -2.17. The Balaban J connectivity index is 2.39. The molecule has 1 aliphatic heterocycles. The number of aromatic nitrogens is 2.